The van der Waals surface area contributed by atoms with E-state index in [1.807, 2.05) is 19.1 Å². The maximum Gasteiger partial charge on any atom is 0.283 e. The van der Waals surface area contributed by atoms with Crippen molar-refractivity contribution in [3.8, 4) is 0 Å². The molecule has 2 rings (SSSR count). The maximum absolute atomic E-state index is 12.7. The number of carbonyl (C=O) groups is 1. The minimum absolute atomic E-state index is 0.114. The lowest BCUT2D eigenvalue weighted by Gasteiger charge is -2.12. The Morgan fingerprint density at radius 3 is 1.95 bits per heavy atom. The summed E-state index contributed by atoms with van der Waals surface area (Å²) in [5, 5.41) is 0. The van der Waals surface area contributed by atoms with E-state index in [9.17, 15) is 13.2 Å². The van der Waals surface area contributed by atoms with Crippen molar-refractivity contribution in [1.82, 2.24) is 0 Å². The van der Waals surface area contributed by atoms with Gasteiger partial charge in [0.25, 0.3) is 10.0 Å². The number of benzene rings is 1. The first-order chi connectivity index (χ1) is 10.1. The fourth-order valence-corrected chi connectivity index (χ4v) is 4.10. The molecule has 0 spiro atoms. The summed E-state index contributed by atoms with van der Waals surface area (Å²) in [7, 11) is -3.82. The van der Waals surface area contributed by atoms with E-state index in [0.29, 0.717) is 28.0 Å². The third-order valence-electron chi connectivity index (χ3n) is 3.57. The molecular formula is C17H19NO3S. The molecule has 0 aromatic heterocycles. The molecule has 0 N–H and O–H groups in total. The van der Waals surface area contributed by atoms with E-state index in [0.717, 1.165) is 5.56 Å². The molecule has 0 bridgehead atoms. The van der Waals surface area contributed by atoms with Gasteiger partial charge in [0.2, 0.25) is 0 Å². The van der Waals surface area contributed by atoms with Gasteiger partial charge in [-0.1, -0.05) is 17.7 Å². The minimum Gasteiger partial charge on any atom is -0.290 e. The molecule has 1 aromatic carbocycles. The topological polar surface area (TPSA) is 63.6 Å². The van der Waals surface area contributed by atoms with Crippen LogP contribution in [0.5, 0.6) is 0 Å². The minimum atomic E-state index is -3.82. The number of carbonyl (C=O) groups excluding carboxylic acids is 1. The Balaban J connectivity index is 2.61. The molecule has 22 heavy (non-hydrogen) atoms. The normalized spacial score (nSPS) is 17.5. The van der Waals surface area contributed by atoms with Crippen LogP contribution in [0.2, 0.25) is 0 Å². The molecule has 0 radical (unpaired) electrons. The van der Waals surface area contributed by atoms with E-state index >= 15 is 0 Å². The van der Waals surface area contributed by atoms with Crippen molar-refractivity contribution in [3.05, 3.63) is 52.1 Å². The molecule has 0 unspecified atom stereocenters. The first-order valence-corrected chi connectivity index (χ1v) is 8.40. The Morgan fingerprint density at radius 2 is 1.41 bits per heavy atom. The summed E-state index contributed by atoms with van der Waals surface area (Å²) in [6.07, 6.45) is 2.94. The zero-order valence-electron chi connectivity index (χ0n) is 13.4. The highest BCUT2D eigenvalue weighted by Gasteiger charge is 2.22. The molecular weight excluding hydrogens is 298 g/mol. The highest BCUT2D eigenvalue weighted by Crippen LogP contribution is 2.25. The molecule has 0 heterocycles. The Hall–Kier alpha value is -2.01. The highest BCUT2D eigenvalue weighted by atomic mass is 32.2. The number of hydrogen-bond donors (Lipinski definition) is 0. The Labute approximate surface area is 131 Å². The molecule has 0 amide bonds. The van der Waals surface area contributed by atoms with Crippen molar-refractivity contribution in [3.63, 3.8) is 0 Å². The van der Waals surface area contributed by atoms with Crippen molar-refractivity contribution < 1.29 is 13.2 Å². The third kappa shape index (κ3) is 3.09. The maximum atomic E-state index is 12.7. The van der Waals surface area contributed by atoms with Crippen LogP contribution in [0, 0.1) is 20.8 Å². The van der Waals surface area contributed by atoms with Crippen molar-refractivity contribution in [1.29, 1.82) is 0 Å². The molecule has 1 aromatic rings. The standard InChI is InChI=1S/C17H19NO3S/c1-10-6-13(4)17(14(5)7-10)22(20,21)18-15-8-12(3)16(19)9-11(15)2/h6-9H,1-5H3. The van der Waals surface area contributed by atoms with Gasteiger partial charge in [0.05, 0.1) is 10.6 Å². The van der Waals surface area contributed by atoms with E-state index < -0.39 is 10.0 Å². The van der Waals surface area contributed by atoms with Crippen LogP contribution in [-0.4, -0.2) is 19.9 Å². The summed E-state index contributed by atoms with van der Waals surface area (Å²) in [6.45, 7) is 8.79. The van der Waals surface area contributed by atoms with Gasteiger partial charge in [-0.25, -0.2) is 0 Å². The van der Waals surface area contributed by atoms with Crippen LogP contribution in [0.3, 0.4) is 0 Å². The first kappa shape index (κ1) is 16.4. The second kappa shape index (κ2) is 5.65. The van der Waals surface area contributed by atoms with Gasteiger partial charge >= 0.3 is 0 Å². The SMILES string of the molecule is CC1=CC(=NS(=O)(=O)c2c(C)cc(C)cc2C)C(C)=CC1=O. The number of allylic oxidation sites excluding steroid dienone is 4. The number of aryl methyl sites for hydroxylation is 3. The predicted molar refractivity (Wildman–Crippen MR) is 87.8 cm³/mol. The zero-order valence-corrected chi connectivity index (χ0v) is 14.2. The van der Waals surface area contributed by atoms with Gasteiger partial charge in [-0.05, 0) is 69.0 Å². The van der Waals surface area contributed by atoms with Gasteiger partial charge in [0, 0.05) is 0 Å². The van der Waals surface area contributed by atoms with Crippen molar-refractivity contribution in [2.24, 2.45) is 4.40 Å². The molecule has 0 atom stereocenters. The van der Waals surface area contributed by atoms with E-state index in [4.69, 9.17) is 0 Å². The summed E-state index contributed by atoms with van der Waals surface area (Å²) in [5.74, 6) is -0.114. The first-order valence-electron chi connectivity index (χ1n) is 6.96. The zero-order chi connectivity index (χ0) is 16.7. The summed E-state index contributed by atoms with van der Waals surface area (Å²) < 4.78 is 29.3. The molecule has 1 aliphatic rings. The van der Waals surface area contributed by atoms with E-state index in [1.165, 1.54) is 12.2 Å². The Bertz CT molecular complexity index is 833. The quantitative estimate of drug-likeness (QED) is 0.787. The predicted octanol–water partition coefficient (Wildman–Crippen LogP) is 3.22. The summed E-state index contributed by atoms with van der Waals surface area (Å²) >= 11 is 0. The number of ketones is 1. The van der Waals surface area contributed by atoms with Gasteiger partial charge < -0.3 is 0 Å². The molecule has 0 aliphatic heterocycles. The molecule has 0 saturated carbocycles. The second-order valence-electron chi connectivity index (χ2n) is 5.70. The van der Waals surface area contributed by atoms with Crippen molar-refractivity contribution in [2.45, 2.75) is 39.5 Å². The molecule has 5 heteroatoms. The fourth-order valence-electron chi connectivity index (χ4n) is 2.62. The number of hydrogen-bond acceptors (Lipinski definition) is 3. The van der Waals surface area contributed by atoms with Gasteiger partial charge in [-0.15, -0.1) is 0 Å². The monoisotopic (exact) mass is 317 g/mol. The fraction of sp³-hybridized carbons (Fsp3) is 0.294. The van der Waals surface area contributed by atoms with E-state index in [1.54, 1.807) is 27.7 Å². The summed E-state index contributed by atoms with van der Waals surface area (Å²) in [4.78, 5) is 11.8. The van der Waals surface area contributed by atoms with E-state index in [2.05, 4.69) is 4.40 Å². The Kier molecular flexibility index (Phi) is 4.20. The van der Waals surface area contributed by atoms with Gasteiger partial charge in [0.15, 0.2) is 5.78 Å². The van der Waals surface area contributed by atoms with Crippen LogP contribution < -0.4 is 0 Å². The van der Waals surface area contributed by atoms with Crippen molar-refractivity contribution in [2.75, 3.05) is 0 Å². The average molecular weight is 317 g/mol. The summed E-state index contributed by atoms with van der Waals surface area (Å²) in [5.41, 5.74) is 3.72. The lowest BCUT2D eigenvalue weighted by molar-refractivity contribution is -0.111. The van der Waals surface area contributed by atoms with Crippen LogP contribution >= 0.6 is 0 Å². The molecule has 116 valence electrons. The Morgan fingerprint density at radius 1 is 0.864 bits per heavy atom. The highest BCUT2D eigenvalue weighted by molar-refractivity contribution is 7.90. The van der Waals surface area contributed by atoms with Gasteiger partial charge in [-0.3, -0.25) is 4.79 Å². The van der Waals surface area contributed by atoms with E-state index in [-0.39, 0.29) is 10.7 Å². The number of nitrogens with zero attached hydrogens (tertiary/aromatic N) is 1. The van der Waals surface area contributed by atoms with Crippen molar-refractivity contribution >= 4 is 21.5 Å². The number of rotatable bonds is 2. The van der Waals surface area contributed by atoms with Crippen LogP contribution in [0.15, 0.2) is 44.7 Å². The average Bonchev–Trinajstić information content (AvgIpc) is 2.33. The van der Waals surface area contributed by atoms with Crippen LogP contribution in [0.25, 0.3) is 0 Å². The van der Waals surface area contributed by atoms with Gasteiger partial charge in [-0.2, -0.15) is 12.8 Å². The second-order valence-corrected chi connectivity index (χ2v) is 7.24. The van der Waals surface area contributed by atoms with Gasteiger partial charge in [0.1, 0.15) is 0 Å². The number of sulfonamides is 1. The van der Waals surface area contributed by atoms with Crippen LogP contribution in [0.1, 0.15) is 30.5 Å². The molecule has 0 fully saturated rings. The summed E-state index contributed by atoms with van der Waals surface area (Å²) in [6, 6.07) is 3.66. The smallest absolute Gasteiger partial charge is 0.283 e. The molecule has 4 nitrogen and oxygen atoms in total. The van der Waals surface area contributed by atoms with Crippen LogP contribution in [0.4, 0.5) is 0 Å². The van der Waals surface area contributed by atoms with Crippen LogP contribution in [-0.2, 0) is 14.8 Å². The molecule has 1 aliphatic carbocycles. The lowest BCUT2D eigenvalue weighted by Crippen LogP contribution is -2.13. The largest absolute Gasteiger partial charge is 0.290 e. The lowest BCUT2D eigenvalue weighted by atomic mass is 9.99. The third-order valence-corrected chi connectivity index (χ3v) is 5.17. The molecule has 0 saturated heterocycles.